The zero-order valence-electron chi connectivity index (χ0n) is 35.7. The third-order valence-corrected chi connectivity index (χ3v) is 11.1. The van der Waals surface area contributed by atoms with E-state index in [1.165, 1.54) is 0 Å². The topological polar surface area (TPSA) is 55.4 Å². The first-order valence-corrected chi connectivity index (χ1v) is 21.7. The van der Waals surface area contributed by atoms with E-state index >= 15 is 0 Å². The molecule has 0 spiro atoms. The van der Waals surface area contributed by atoms with E-state index in [9.17, 15) is 0 Å². The fourth-order valence-electron chi connectivity index (χ4n) is 7.89. The Kier molecular flexibility index (Phi) is 13.8. The lowest BCUT2D eigenvalue weighted by Gasteiger charge is -2.18. The van der Waals surface area contributed by atoms with E-state index in [-0.39, 0.29) is 0 Å². The maximum atomic E-state index is 6.59. The molecule has 0 bridgehead atoms. The zero-order valence-corrected chi connectivity index (χ0v) is 35.7. The second-order valence-electron chi connectivity index (χ2n) is 15.8. The van der Waals surface area contributed by atoms with Crippen LogP contribution in [0.15, 0.2) is 206 Å². The Bertz CT molecular complexity index is 2500. The molecule has 0 saturated heterocycles. The van der Waals surface area contributed by atoms with Crippen LogP contribution in [0.1, 0.15) is 44.5 Å². The second-order valence-corrected chi connectivity index (χ2v) is 15.8. The molecule has 0 aromatic heterocycles. The van der Waals surface area contributed by atoms with Gasteiger partial charge in [0, 0.05) is 12.1 Å². The lowest BCUT2D eigenvalue weighted by Crippen LogP contribution is -2.03. The molecule has 0 amide bonds. The third kappa shape index (κ3) is 11.2. The lowest BCUT2D eigenvalue weighted by atomic mass is 9.92. The fraction of sp³-hybridized carbons (Fsp3) is 0.138. The average Bonchev–Trinajstić information content (AvgIpc) is 3.35. The number of rotatable bonds is 20. The summed E-state index contributed by atoms with van der Waals surface area (Å²) < 4.78 is 38.3. The molecule has 318 valence electrons. The van der Waals surface area contributed by atoms with Gasteiger partial charge in [0.2, 0.25) is 0 Å². The molecule has 0 atom stereocenters. The summed E-state index contributed by atoms with van der Waals surface area (Å²) in [7, 11) is 0. The maximum absolute atomic E-state index is 6.59. The molecule has 9 rings (SSSR count). The highest BCUT2D eigenvalue weighted by atomic mass is 16.5. The Hall–Kier alpha value is -7.38. The summed E-state index contributed by atoms with van der Waals surface area (Å²) in [6.45, 7) is 3.41. The van der Waals surface area contributed by atoms with Crippen LogP contribution >= 0.6 is 0 Å². The molecule has 9 aromatic carbocycles. The molecule has 0 aliphatic carbocycles. The predicted molar refractivity (Wildman–Crippen MR) is 254 cm³/mol. The third-order valence-electron chi connectivity index (χ3n) is 11.1. The Morgan fingerprint density at radius 2 is 0.469 bits per heavy atom. The minimum atomic E-state index is 0.378. The van der Waals surface area contributed by atoms with Crippen molar-refractivity contribution in [3.63, 3.8) is 0 Å². The van der Waals surface area contributed by atoms with Gasteiger partial charge < -0.3 is 28.4 Å². The van der Waals surface area contributed by atoms with E-state index in [4.69, 9.17) is 28.4 Å². The van der Waals surface area contributed by atoms with Crippen LogP contribution in [0.3, 0.4) is 0 Å². The van der Waals surface area contributed by atoms with Gasteiger partial charge in [-0.1, -0.05) is 170 Å². The lowest BCUT2D eigenvalue weighted by molar-refractivity contribution is 0.107. The Morgan fingerprint density at radius 3 is 0.734 bits per heavy atom. The smallest absolute Gasteiger partial charge is 0.123 e. The molecular weight excluding hydrogens is 793 g/mol. The van der Waals surface area contributed by atoms with Crippen molar-refractivity contribution in [2.75, 3.05) is 0 Å². The number of hydrogen-bond acceptors (Lipinski definition) is 6. The van der Waals surface area contributed by atoms with Crippen LogP contribution in [0.2, 0.25) is 0 Å². The Morgan fingerprint density at radius 1 is 0.219 bits per heavy atom. The Labute approximate surface area is 375 Å². The summed E-state index contributed by atoms with van der Waals surface area (Å²) in [5.74, 6) is 2.93. The highest BCUT2D eigenvalue weighted by Crippen LogP contribution is 2.35. The average molecular weight is 843 g/mol. The number of ether oxygens (including phenoxy) is 6. The SMILES string of the molecule is c1ccc(COc2cc(COCc3c4ccccc4c(COCc4cc(OCc5ccccc5)cc(OCc5ccccc5)c4)c4ccccc34)cc(OCc3ccccc3)c2)cc1. The normalized spacial score (nSPS) is 11.1. The first-order chi connectivity index (χ1) is 31.7. The van der Waals surface area contributed by atoms with Crippen LogP contribution in [-0.4, -0.2) is 0 Å². The summed E-state index contributed by atoms with van der Waals surface area (Å²) in [6, 6.07) is 69.9. The molecule has 0 unspecified atom stereocenters. The molecule has 64 heavy (non-hydrogen) atoms. The maximum Gasteiger partial charge on any atom is 0.123 e. The van der Waals surface area contributed by atoms with Crippen LogP contribution in [0.4, 0.5) is 0 Å². The summed E-state index contributed by atoms with van der Waals surface area (Å²) in [5, 5.41) is 4.55. The molecule has 0 aliphatic rings. The van der Waals surface area contributed by atoms with Crippen molar-refractivity contribution in [2.45, 2.75) is 52.9 Å². The van der Waals surface area contributed by atoms with Gasteiger partial charge in [0.25, 0.3) is 0 Å². The predicted octanol–water partition coefficient (Wildman–Crippen LogP) is 13.7. The van der Waals surface area contributed by atoms with E-state index in [2.05, 4.69) is 97.1 Å². The summed E-state index contributed by atoms with van der Waals surface area (Å²) in [4.78, 5) is 0. The van der Waals surface area contributed by atoms with Crippen molar-refractivity contribution in [1.82, 2.24) is 0 Å². The van der Waals surface area contributed by atoms with Gasteiger partial charge >= 0.3 is 0 Å². The second kappa shape index (κ2) is 21.1. The molecule has 0 radical (unpaired) electrons. The van der Waals surface area contributed by atoms with Crippen LogP contribution in [0.5, 0.6) is 23.0 Å². The van der Waals surface area contributed by atoms with Crippen LogP contribution in [-0.2, 0) is 62.3 Å². The summed E-state index contributed by atoms with van der Waals surface area (Å²) >= 11 is 0. The van der Waals surface area contributed by atoms with Crippen LogP contribution in [0.25, 0.3) is 21.5 Å². The molecule has 6 heteroatoms. The molecule has 9 aromatic rings. The van der Waals surface area contributed by atoms with E-state index in [1.54, 1.807) is 0 Å². The van der Waals surface area contributed by atoms with Gasteiger partial charge in [0.05, 0.1) is 26.4 Å². The number of fused-ring (bicyclic) bond motifs is 2. The van der Waals surface area contributed by atoms with E-state index < -0.39 is 0 Å². The van der Waals surface area contributed by atoms with Crippen molar-refractivity contribution >= 4 is 21.5 Å². The van der Waals surface area contributed by atoms with Gasteiger partial charge in [0.1, 0.15) is 49.4 Å². The van der Waals surface area contributed by atoms with E-state index in [0.717, 1.165) is 89.1 Å². The van der Waals surface area contributed by atoms with Crippen molar-refractivity contribution in [1.29, 1.82) is 0 Å². The van der Waals surface area contributed by atoms with E-state index in [1.807, 2.05) is 109 Å². The number of benzene rings is 9. The van der Waals surface area contributed by atoms with Crippen molar-refractivity contribution in [2.24, 2.45) is 0 Å². The largest absolute Gasteiger partial charge is 0.489 e. The molecule has 6 nitrogen and oxygen atoms in total. The quantitative estimate of drug-likeness (QED) is 0.0713. The standard InChI is InChI=1S/C58H50O6/c1-5-17-43(18-6-1)37-61-49-29-47(30-50(33-49)62-38-44-19-7-2-8-20-44)35-59-41-57-53-25-13-15-27-55(53)58(56-28-16-14-26-54(56)57)42-60-36-48-31-51(63-39-45-21-9-3-10-22-45)34-52(32-48)64-40-46-23-11-4-12-24-46/h1-34H,35-42H2. The molecule has 0 fully saturated rings. The van der Waals surface area contributed by atoms with Gasteiger partial charge in [0.15, 0.2) is 0 Å². The first-order valence-electron chi connectivity index (χ1n) is 21.7. The fourth-order valence-corrected chi connectivity index (χ4v) is 7.89. The monoisotopic (exact) mass is 842 g/mol. The molecule has 0 heterocycles. The first kappa shape index (κ1) is 41.9. The summed E-state index contributed by atoms with van der Waals surface area (Å²) in [6.07, 6.45) is 0. The van der Waals surface area contributed by atoms with Crippen LogP contribution < -0.4 is 18.9 Å². The molecular formula is C58H50O6. The van der Waals surface area contributed by atoms with Gasteiger partial charge in [-0.3, -0.25) is 0 Å². The Balaban J connectivity index is 0.923. The summed E-state index contributed by atoms with van der Waals surface area (Å²) in [5.41, 5.74) is 8.59. The van der Waals surface area contributed by atoms with Crippen molar-refractivity contribution < 1.29 is 28.4 Å². The zero-order chi connectivity index (χ0) is 43.2. The van der Waals surface area contributed by atoms with Gasteiger partial charge in [-0.2, -0.15) is 0 Å². The number of hydrogen-bond donors (Lipinski definition) is 0. The minimum absolute atomic E-state index is 0.378. The van der Waals surface area contributed by atoms with Gasteiger partial charge in [-0.25, -0.2) is 0 Å². The molecule has 0 N–H and O–H groups in total. The molecule has 0 saturated carbocycles. The van der Waals surface area contributed by atoms with E-state index in [0.29, 0.717) is 52.9 Å². The minimum Gasteiger partial charge on any atom is -0.489 e. The van der Waals surface area contributed by atoms with Crippen LogP contribution in [0, 0.1) is 0 Å². The van der Waals surface area contributed by atoms with Crippen molar-refractivity contribution in [3.05, 3.63) is 251 Å². The highest BCUT2D eigenvalue weighted by Gasteiger charge is 2.15. The van der Waals surface area contributed by atoms with Gasteiger partial charge in [-0.15, -0.1) is 0 Å². The van der Waals surface area contributed by atoms with Gasteiger partial charge in [-0.05, 0) is 90.3 Å². The highest BCUT2D eigenvalue weighted by molar-refractivity contribution is 6.05. The molecule has 0 aliphatic heterocycles. The van der Waals surface area contributed by atoms with Crippen molar-refractivity contribution in [3.8, 4) is 23.0 Å².